The molecule has 0 atom stereocenters. The number of aromatic nitrogens is 2. The third-order valence-electron chi connectivity index (χ3n) is 4.12. The first-order chi connectivity index (χ1) is 14.2. The first kappa shape index (κ1) is 20.2. The molecule has 0 fully saturated rings. The number of ether oxygens (including phenoxy) is 2. The maximum Gasteiger partial charge on any atom is 0.248 e. The second kappa shape index (κ2) is 10.1. The molecular formula is C23H25N3O3. The van der Waals surface area contributed by atoms with Gasteiger partial charge in [0.05, 0.1) is 19.8 Å². The molecule has 0 saturated carbocycles. The highest BCUT2D eigenvalue weighted by Gasteiger charge is 2.05. The lowest BCUT2D eigenvalue weighted by molar-refractivity contribution is -0.111. The van der Waals surface area contributed by atoms with E-state index < -0.39 is 0 Å². The molecule has 0 unspecified atom stereocenters. The first-order valence-corrected chi connectivity index (χ1v) is 9.63. The summed E-state index contributed by atoms with van der Waals surface area (Å²) in [5, 5.41) is 7.06. The number of anilines is 1. The van der Waals surface area contributed by atoms with E-state index in [-0.39, 0.29) is 5.91 Å². The Kier molecular flexibility index (Phi) is 7.05. The number of benzene rings is 2. The van der Waals surface area contributed by atoms with Gasteiger partial charge < -0.3 is 14.8 Å². The largest absolute Gasteiger partial charge is 0.490 e. The molecular weight excluding hydrogens is 366 g/mol. The molecule has 3 aromatic rings. The lowest BCUT2D eigenvalue weighted by atomic mass is 10.2. The molecule has 6 heteroatoms. The fourth-order valence-electron chi connectivity index (χ4n) is 2.80. The van der Waals surface area contributed by atoms with Crippen molar-refractivity contribution in [2.75, 3.05) is 18.5 Å². The maximum absolute atomic E-state index is 12.2. The number of rotatable bonds is 9. The van der Waals surface area contributed by atoms with E-state index in [4.69, 9.17) is 9.47 Å². The fraction of sp³-hybridized carbons (Fsp3) is 0.217. The molecule has 2 aromatic carbocycles. The van der Waals surface area contributed by atoms with E-state index >= 15 is 0 Å². The van der Waals surface area contributed by atoms with Crippen LogP contribution in [-0.4, -0.2) is 28.9 Å². The van der Waals surface area contributed by atoms with E-state index in [1.807, 2.05) is 73.3 Å². The third-order valence-corrected chi connectivity index (χ3v) is 4.12. The Morgan fingerprint density at radius 1 is 1.07 bits per heavy atom. The van der Waals surface area contributed by atoms with Crippen molar-refractivity contribution in [2.24, 2.45) is 0 Å². The zero-order chi connectivity index (χ0) is 20.5. The standard InChI is InChI=1S/C23H25N3O3/c1-3-28-21-12-8-18(16-22(21)29-4-2)9-13-23(27)25-20-10-6-19(7-11-20)17-26-15-5-14-24-26/h5-16H,3-4,17H2,1-2H3,(H,25,27)/b13-9+. The molecule has 29 heavy (non-hydrogen) atoms. The molecule has 0 aliphatic carbocycles. The van der Waals surface area contributed by atoms with Crippen molar-refractivity contribution in [3.05, 3.63) is 78.1 Å². The molecule has 0 bridgehead atoms. The second-order valence-electron chi connectivity index (χ2n) is 6.30. The van der Waals surface area contributed by atoms with E-state index in [0.29, 0.717) is 31.3 Å². The molecule has 1 amide bonds. The number of amides is 1. The van der Waals surface area contributed by atoms with Crippen LogP contribution in [0.15, 0.2) is 67.0 Å². The van der Waals surface area contributed by atoms with Crippen molar-refractivity contribution in [3.8, 4) is 11.5 Å². The average Bonchev–Trinajstić information content (AvgIpc) is 3.23. The van der Waals surface area contributed by atoms with Crippen LogP contribution >= 0.6 is 0 Å². The fourth-order valence-corrected chi connectivity index (χ4v) is 2.80. The van der Waals surface area contributed by atoms with Crippen LogP contribution < -0.4 is 14.8 Å². The Balaban J connectivity index is 1.59. The molecule has 0 radical (unpaired) electrons. The third kappa shape index (κ3) is 5.97. The highest BCUT2D eigenvalue weighted by atomic mass is 16.5. The van der Waals surface area contributed by atoms with Crippen LogP contribution in [0.1, 0.15) is 25.0 Å². The molecule has 0 aliphatic rings. The Hall–Kier alpha value is -3.54. The molecule has 150 valence electrons. The zero-order valence-corrected chi connectivity index (χ0v) is 16.7. The van der Waals surface area contributed by atoms with E-state index in [1.165, 1.54) is 6.08 Å². The van der Waals surface area contributed by atoms with Crippen LogP contribution in [0.2, 0.25) is 0 Å². The maximum atomic E-state index is 12.2. The van der Waals surface area contributed by atoms with Crippen molar-refractivity contribution in [1.82, 2.24) is 9.78 Å². The van der Waals surface area contributed by atoms with Gasteiger partial charge in [0.25, 0.3) is 0 Å². The van der Waals surface area contributed by atoms with Gasteiger partial charge in [-0.2, -0.15) is 5.10 Å². The molecule has 0 spiro atoms. The summed E-state index contributed by atoms with van der Waals surface area (Å²) in [5.41, 5.74) is 2.72. The lowest BCUT2D eigenvalue weighted by Gasteiger charge is -2.11. The van der Waals surface area contributed by atoms with Crippen LogP contribution in [0, 0.1) is 0 Å². The van der Waals surface area contributed by atoms with Gasteiger partial charge in [0.15, 0.2) is 11.5 Å². The van der Waals surface area contributed by atoms with Crippen molar-refractivity contribution in [2.45, 2.75) is 20.4 Å². The van der Waals surface area contributed by atoms with Crippen molar-refractivity contribution in [1.29, 1.82) is 0 Å². The molecule has 1 aromatic heterocycles. The Morgan fingerprint density at radius 3 is 2.52 bits per heavy atom. The summed E-state index contributed by atoms with van der Waals surface area (Å²) < 4.78 is 13.0. The van der Waals surface area contributed by atoms with Crippen LogP contribution in [0.4, 0.5) is 5.69 Å². The van der Waals surface area contributed by atoms with Gasteiger partial charge >= 0.3 is 0 Å². The number of hydrogen-bond donors (Lipinski definition) is 1. The predicted molar refractivity (Wildman–Crippen MR) is 114 cm³/mol. The summed E-state index contributed by atoms with van der Waals surface area (Å²) in [4.78, 5) is 12.2. The zero-order valence-electron chi connectivity index (χ0n) is 16.7. The monoisotopic (exact) mass is 391 g/mol. The summed E-state index contributed by atoms with van der Waals surface area (Å²) in [6.07, 6.45) is 6.92. The van der Waals surface area contributed by atoms with Gasteiger partial charge in [-0.05, 0) is 61.4 Å². The summed E-state index contributed by atoms with van der Waals surface area (Å²) in [6.45, 7) is 5.66. The minimum atomic E-state index is -0.198. The van der Waals surface area contributed by atoms with Crippen LogP contribution in [0.25, 0.3) is 6.08 Å². The van der Waals surface area contributed by atoms with Gasteiger partial charge in [-0.3, -0.25) is 9.48 Å². The SMILES string of the molecule is CCOc1ccc(/C=C/C(=O)Nc2ccc(Cn3cccn3)cc2)cc1OCC. The average molecular weight is 391 g/mol. The van der Waals surface area contributed by atoms with Crippen LogP contribution in [0.5, 0.6) is 11.5 Å². The van der Waals surface area contributed by atoms with Crippen LogP contribution in [-0.2, 0) is 11.3 Å². The second-order valence-corrected chi connectivity index (χ2v) is 6.30. The molecule has 6 nitrogen and oxygen atoms in total. The van der Waals surface area contributed by atoms with Crippen LogP contribution in [0.3, 0.4) is 0 Å². The van der Waals surface area contributed by atoms with Gasteiger partial charge in [-0.25, -0.2) is 0 Å². The van der Waals surface area contributed by atoms with Crippen molar-refractivity contribution >= 4 is 17.7 Å². The highest BCUT2D eigenvalue weighted by Crippen LogP contribution is 2.29. The van der Waals surface area contributed by atoms with E-state index in [9.17, 15) is 4.79 Å². The van der Waals surface area contributed by atoms with E-state index in [1.54, 1.807) is 12.3 Å². The minimum Gasteiger partial charge on any atom is -0.490 e. The Labute approximate surface area is 170 Å². The summed E-state index contributed by atoms with van der Waals surface area (Å²) in [6, 6.07) is 15.2. The van der Waals surface area contributed by atoms with Crippen molar-refractivity contribution < 1.29 is 14.3 Å². The van der Waals surface area contributed by atoms with E-state index in [2.05, 4.69) is 10.4 Å². The number of nitrogens with zero attached hydrogens (tertiary/aromatic N) is 2. The highest BCUT2D eigenvalue weighted by molar-refractivity contribution is 6.01. The molecule has 0 saturated heterocycles. The predicted octanol–water partition coefficient (Wildman–Crippen LogP) is 4.38. The summed E-state index contributed by atoms with van der Waals surface area (Å²) >= 11 is 0. The van der Waals surface area contributed by atoms with Gasteiger partial charge in [-0.15, -0.1) is 0 Å². The molecule has 0 aliphatic heterocycles. The number of hydrogen-bond acceptors (Lipinski definition) is 4. The Bertz CT molecular complexity index is 948. The number of carbonyl (C=O) groups is 1. The quantitative estimate of drug-likeness (QED) is 0.550. The van der Waals surface area contributed by atoms with Gasteiger partial charge in [0.2, 0.25) is 5.91 Å². The molecule has 1 heterocycles. The number of nitrogens with one attached hydrogen (secondary N) is 1. The lowest BCUT2D eigenvalue weighted by Crippen LogP contribution is -2.08. The Morgan fingerprint density at radius 2 is 1.83 bits per heavy atom. The molecule has 1 N–H and O–H groups in total. The van der Waals surface area contributed by atoms with Gasteiger partial charge in [0.1, 0.15) is 0 Å². The normalized spacial score (nSPS) is 10.8. The smallest absolute Gasteiger partial charge is 0.248 e. The topological polar surface area (TPSA) is 65.4 Å². The van der Waals surface area contributed by atoms with Gasteiger partial charge in [0, 0.05) is 24.2 Å². The summed E-state index contributed by atoms with van der Waals surface area (Å²) in [7, 11) is 0. The van der Waals surface area contributed by atoms with E-state index in [0.717, 1.165) is 16.8 Å². The first-order valence-electron chi connectivity index (χ1n) is 9.63. The van der Waals surface area contributed by atoms with Crippen molar-refractivity contribution in [3.63, 3.8) is 0 Å². The number of carbonyl (C=O) groups excluding carboxylic acids is 1. The molecule has 3 rings (SSSR count). The summed E-state index contributed by atoms with van der Waals surface area (Å²) in [5.74, 6) is 1.17. The van der Waals surface area contributed by atoms with Gasteiger partial charge in [-0.1, -0.05) is 18.2 Å². The minimum absolute atomic E-state index is 0.198.